The van der Waals surface area contributed by atoms with Crippen LogP contribution in [-0.4, -0.2) is 9.78 Å². The maximum Gasteiger partial charge on any atom is 0.163 e. The van der Waals surface area contributed by atoms with E-state index in [1.165, 1.54) is 0 Å². The molecule has 0 saturated heterocycles. The van der Waals surface area contributed by atoms with Crippen LogP contribution in [-0.2, 0) is 5.41 Å². The smallest absolute Gasteiger partial charge is 0.163 e. The lowest BCUT2D eigenvalue weighted by molar-refractivity contribution is 0.484. The van der Waals surface area contributed by atoms with E-state index in [4.69, 9.17) is 5.73 Å². The van der Waals surface area contributed by atoms with Gasteiger partial charge in [-0.1, -0.05) is 91.0 Å². The third-order valence-corrected chi connectivity index (χ3v) is 5.51. The lowest BCUT2D eigenvalue weighted by atomic mass is 9.66. The van der Waals surface area contributed by atoms with Gasteiger partial charge in [0, 0.05) is 6.04 Å². The summed E-state index contributed by atoms with van der Waals surface area (Å²) in [6.45, 7) is 4.12. The van der Waals surface area contributed by atoms with Crippen molar-refractivity contribution in [3.8, 4) is 6.07 Å². The second-order valence-electron chi connectivity index (χ2n) is 7.61. The normalized spacial score (nSPS) is 11.4. The van der Waals surface area contributed by atoms with Gasteiger partial charge in [-0.25, -0.2) is 0 Å². The summed E-state index contributed by atoms with van der Waals surface area (Å²) in [6, 6.07) is 33.2. The van der Waals surface area contributed by atoms with Crippen LogP contribution < -0.4 is 5.73 Å². The fourth-order valence-corrected chi connectivity index (χ4v) is 4.27. The van der Waals surface area contributed by atoms with Crippen LogP contribution in [0.5, 0.6) is 0 Å². The number of nitriles is 1. The average Bonchev–Trinajstić information content (AvgIpc) is 3.13. The van der Waals surface area contributed by atoms with Crippen LogP contribution in [0.15, 0.2) is 91.0 Å². The van der Waals surface area contributed by atoms with Gasteiger partial charge in [0.05, 0.1) is 11.1 Å². The van der Waals surface area contributed by atoms with Crippen molar-refractivity contribution in [3.05, 3.63) is 119 Å². The van der Waals surface area contributed by atoms with Gasteiger partial charge >= 0.3 is 0 Å². The summed E-state index contributed by atoms with van der Waals surface area (Å²) in [5, 5.41) is 14.7. The van der Waals surface area contributed by atoms with E-state index in [1.807, 2.05) is 59.3 Å². The first-order valence-corrected chi connectivity index (χ1v) is 10.1. The van der Waals surface area contributed by atoms with Crippen molar-refractivity contribution in [1.29, 1.82) is 5.26 Å². The summed E-state index contributed by atoms with van der Waals surface area (Å²) in [5.41, 5.74) is 9.90. The predicted molar refractivity (Wildman–Crippen MR) is 120 cm³/mol. The zero-order valence-corrected chi connectivity index (χ0v) is 17.2. The Morgan fingerprint density at radius 1 is 0.800 bits per heavy atom. The van der Waals surface area contributed by atoms with Crippen molar-refractivity contribution in [2.24, 2.45) is 0 Å². The van der Waals surface area contributed by atoms with Gasteiger partial charge in [-0.2, -0.15) is 10.4 Å². The first-order chi connectivity index (χ1) is 14.6. The van der Waals surface area contributed by atoms with Crippen LogP contribution in [0.25, 0.3) is 0 Å². The highest BCUT2D eigenvalue weighted by Gasteiger charge is 2.44. The minimum absolute atomic E-state index is 0.0277. The highest BCUT2D eigenvalue weighted by atomic mass is 15.3. The summed E-state index contributed by atoms with van der Waals surface area (Å²) in [7, 11) is 0. The third kappa shape index (κ3) is 2.96. The van der Waals surface area contributed by atoms with Crippen LogP contribution in [0.1, 0.15) is 47.8 Å². The molecule has 0 saturated carbocycles. The van der Waals surface area contributed by atoms with Crippen molar-refractivity contribution < 1.29 is 0 Å². The van der Waals surface area contributed by atoms with Crippen LogP contribution in [0, 0.1) is 11.3 Å². The third-order valence-electron chi connectivity index (χ3n) is 5.51. The Bertz CT molecular complexity index is 1070. The van der Waals surface area contributed by atoms with Gasteiger partial charge in [0.1, 0.15) is 11.6 Å². The maximum atomic E-state index is 10.1. The molecular weight excluding hydrogens is 368 g/mol. The van der Waals surface area contributed by atoms with Crippen LogP contribution in [0.2, 0.25) is 0 Å². The number of benzene rings is 3. The van der Waals surface area contributed by atoms with Crippen LogP contribution >= 0.6 is 0 Å². The molecule has 0 bridgehead atoms. The molecule has 4 heteroatoms. The van der Waals surface area contributed by atoms with E-state index in [2.05, 4.69) is 61.4 Å². The number of rotatable bonds is 5. The Balaban J connectivity index is 2.26. The number of nitrogens with zero attached hydrogens (tertiary/aromatic N) is 3. The Morgan fingerprint density at radius 2 is 1.20 bits per heavy atom. The van der Waals surface area contributed by atoms with E-state index < -0.39 is 5.41 Å². The molecule has 3 aromatic carbocycles. The Morgan fingerprint density at radius 3 is 1.53 bits per heavy atom. The molecule has 0 aliphatic rings. The number of anilines is 1. The van der Waals surface area contributed by atoms with Crippen LogP contribution in [0.4, 0.5) is 5.82 Å². The molecule has 148 valence electrons. The van der Waals surface area contributed by atoms with E-state index in [-0.39, 0.29) is 11.9 Å². The quantitative estimate of drug-likeness (QED) is 0.469. The molecule has 0 spiro atoms. The summed E-state index contributed by atoms with van der Waals surface area (Å²) in [5.74, 6) is 0.258. The van der Waals surface area contributed by atoms with Gasteiger partial charge in [0.15, 0.2) is 5.82 Å². The molecule has 1 aromatic heterocycles. The zero-order valence-electron chi connectivity index (χ0n) is 17.2. The summed E-state index contributed by atoms with van der Waals surface area (Å²) < 4.78 is 1.90. The first-order valence-electron chi connectivity index (χ1n) is 10.1. The SMILES string of the molecule is CC(C)n1nc(N)c(C#N)c1C(c1ccccc1)(c1ccccc1)c1ccccc1. The van der Waals surface area contributed by atoms with Crippen molar-refractivity contribution in [2.45, 2.75) is 25.3 Å². The molecule has 4 rings (SSSR count). The molecule has 0 atom stereocenters. The molecule has 0 amide bonds. The van der Waals surface area contributed by atoms with E-state index >= 15 is 0 Å². The lowest BCUT2D eigenvalue weighted by Crippen LogP contribution is -2.35. The largest absolute Gasteiger partial charge is 0.381 e. The molecular formula is C26H24N4. The van der Waals surface area contributed by atoms with E-state index in [1.54, 1.807) is 0 Å². The highest BCUT2D eigenvalue weighted by molar-refractivity contribution is 5.65. The predicted octanol–water partition coefficient (Wildman–Crippen LogP) is 5.30. The molecule has 1 heterocycles. The van der Waals surface area contributed by atoms with Gasteiger partial charge in [-0.05, 0) is 30.5 Å². The molecule has 4 aromatic rings. The van der Waals surface area contributed by atoms with Gasteiger partial charge in [0.2, 0.25) is 0 Å². The molecule has 2 N–H and O–H groups in total. The Labute approximate surface area is 177 Å². The first kappa shape index (κ1) is 19.5. The fourth-order valence-electron chi connectivity index (χ4n) is 4.27. The standard InChI is InChI=1S/C26H24N4/c1-19(2)30-24(23(18-27)25(28)29-30)26(20-12-6-3-7-13-20,21-14-8-4-9-15-21)22-16-10-5-11-17-22/h3-17,19H,1-2H3,(H2,28,29). The highest BCUT2D eigenvalue weighted by Crippen LogP contribution is 2.47. The molecule has 0 radical (unpaired) electrons. The van der Waals surface area contributed by atoms with Gasteiger partial charge in [0.25, 0.3) is 0 Å². The number of hydrogen-bond acceptors (Lipinski definition) is 3. The summed E-state index contributed by atoms with van der Waals surface area (Å²) >= 11 is 0. The topological polar surface area (TPSA) is 67.6 Å². The van der Waals surface area contributed by atoms with E-state index in [9.17, 15) is 5.26 Å². The Kier molecular flexibility index (Phi) is 5.12. The maximum absolute atomic E-state index is 10.1. The minimum Gasteiger partial charge on any atom is -0.381 e. The molecule has 30 heavy (non-hydrogen) atoms. The van der Waals surface area contributed by atoms with Crippen molar-refractivity contribution in [1.82, 2.24) is 9.78 Å². The average molecular weight is 393 g/mol. The minimum atomic E-state index is -0.746. The number of aromatic nitrogens is 2. The number of nitrogen functional groups attached to an aromatic ring is 1. The van der Waals surface area contributed by atoms with Crippen molar-refractivity contribution >= 4 is 5.82 Å². The Hall–Kier alpha value is -3.84. The molecule has 0 aliphatic carbocycles. The fraction of sp³-hybridized carbons (Fsp3) is 0.154. The zero-order chi connectivity index (χ0) is 21.1. The number of hydrogen-bond donors (Lipinski definition) is 1. The second-order valence-corrected chi connectivity index (χ2v) is 7.61. The molecule has 0 unspecified atom stereocenters. The van der Waals surface area contributed by atoms with E-state index in [0.717, 1.165) is 22.4 Å². The van der Waals surface area contributed by atoms with Crippen molar-refractivity contribution in [3.63, 3.8) is 0 Å². The lowest BCUT2D eigenvalue weighted by Gasteiger charge is -2.37. The van der Waals surface area contributed by atoms with Crippen molar-refractivity contribution in [2.75, 3.05) is 5.73 Å². The number of nitrogens with two attached hydrogens (primary N) is 1. The van der Waals surface area contributed by atoms with Gasteiger partial charge < -0.3 is 5.73 Å². The summed E-state index contributed by atoms with van der Waals surface area (Å²) in [6.07, 6.45) is 0. The summed E-state index contributed by atoms with van der Waals surface area (Å²) in [4.78, 5) is 0. The molecule has 0 aliphatic heterocycles. The molecule has 4 nitrogen and oxygen atoms in total. The van der Waals surface area contributed by atoms with Gasteiger partial charge in [-0.15, -0.1) is 0 Å². The van der Waals surface area contributed by atoms with Gasteiger partial charge in [-0.3, -0.25) is 4.68 Å². The van der Waals surface area contributed by atoms with E-state index in [0.29, 0.717) is 5.56 Å². The second kappa shape index (κ2) is 7.88. The monoisotopic (exact) mass is 392 g/mol. The van der Waals surface area contributed by atoms with Crippen LogP contribution in [0.3, 0.4) is 0 Å². The molecule has 0 fully saturated rings.